The third-order valence-electron chi connectivity index (χ3n) is 1.77. The van der Waals surface area contributed by atoms with Crippen molar-refractivity contribution in [3.8, 4) is 0 Å². The van der Waals surface area contributed by atoms with E-state index in [9.17, 15) is 0 Å². The normalized spacial score (nSPS) is 12.0. The lowest BCUT2D eigenvalue weighted by Crippen LogP contribution is -2.08. The second-order valence-electron chi connectivity index (χ2n) is 4.64. The molecule has 0 aliphatic heterocycles. The van der Waals surface area contributed by atoms with Gasteiger partial charge in [0.05, 0.1) is 6.54 Å². The first kappa shape index (κ1) is 10.3. The van der Waals surface area contributed by atoms with Crippen LogP contribution in [0.2, 0.25) is 0 Å². The van der Waals surface area contributed by atoms with Crippen LogP contribution in [0.1, 0.15) is 32.3 Å². The van der Waals surface area contributed by atoms with Crippen molar-refractivity contribution < 1.29 is 4.42 Å². The molecule has 0 amide bonds. The molecule has 0 bridgehead atoms. The van der Waals surface area contributed by atoms with E-state index in [1.165, 1.54) is 0 Å². The van der Waals surface area contributed by atoms with Crippen LogP contribution in [-0.4, -0.2) is 7.05 Å². The standard InChI is InChI=1S/C11H19NO/c1-11(2,3)7-9-5-6-10(13-9)8-12-4/h5-6,12H,7-8H2,1-4H3. The van der Waals surface area contributed by atoms with Crippen LogP contribution >= 0.6 is 0 Å². The molecule has 1 aromatic heterocycles. The quantitative estimate of drug-likeness (QED) is 0.775. The van der Waals surface area contributed by atoms with Crippen LogP contribution < -0.4 is 5.32 Å². The maximum absolute atomic E-state index is 5.64. The molecule has 0 aliphatic carbocycles. The second kappa shape index (κ2) is 3.97. The Hall–Kier alpha value is -0.760. The van der Waals surface area contributed by atoms with Crippen molar-refractivity contribution in [2.75, 3.05) is 7.05 Å². The van der Waals surface area contributed by atoms with E-state index in [1.54, 1.807) is 0 Å². The Morgan fingerprint density at radius 2 is 1.85 bits per heavy atom. The van der Waals surface area contributed by atoms with Gasteiger partial charge in [-0.15, -0.1) is 0 Å². The van der Waals surface area contributed by atoms with Crippen LogP contribution in [0.15, 0.2) is 16.5 Å². The van der Waals surface area contributed by atoms with Crippen LogP contribution in [0.5, 0.6) is 0 Å². The monoisotopic (exact) mass is 181 g/mol. The SMILES string of the molecule is CNCc1ccc(CC(C)(C)C)o1. The fourth-order valence-electron chi connectivity index (χ4n) is 1.31. The molecule has 13 heavy (non-hydrogen) atoms. The molecule has 0 unspecified atom stereocenters. The van der Waals surface area contributed by atoms with Gasteiger partial charge in [0.15, 0.2) is 0 Å². The highest BCUT2D eigenvalue weighted by molar-refractivity contribution is 5.08. The lowest BCUT2D eigenvalue weighted by molar-refractivity contribution is 0.352. The van der Waals surface area contributed by atoms with Crippen LogP contribution in [0.4, 0.5) is 0 Å². The first-order chi connectivity index (χ1) is 6.01. The lowest BCUT2D eigenvalue weighted by atomic mass is 9.91. The maximum Gasteiger partial charge on any atom is 0.117 e. The van der Waals surface area contributed by atoms with Crippen LogP contribution in [0.25, 0.3) is 0 Å². The highest BCUT2D eigenvalue weighted by atomic mass is 16.3. The zero-order valence-electron chi connectivity index (χ0n) is 8.98. The first-order valence-electron chi connectivity index (χ1n) is 4.73. The van der Waals surface area contributed by atoms with E-state index in [0.717, 1.165) is 24.5 Å². The van der Waals surface area contributed by atoms with Crippen molar-refractivity contribution in [3.63, 3.8) is 0 Å². The first-order valence-corrected chi connectivity index (χ1v) is 4.73. The van der Waals surface area contributed by atoms with Crippen molar-refractivity contribution in [3.05, 3.63) is 23.7 Å². The van der Waals surface area contributed by atoms with Gasteiger partial charge in [0.1, 0.15) is 11.5 Å². The summed E-state index contributed by atoms with van der Waals surface area (Å²) in [5, 5.41) is 3.07. The molecule has 1 rings (SSSR count). The molecular weight excluding hydrogens is 162 g/mol. The topological polar surface area (TPSA) is 25.2 Å². The summed E-state index contributed by atoms with van der Waals surface area (Å²) in [7, 11) is 1.92. The Kier molecular flexibility index (Phi) is 3.15. The Morgan fingerprint density at radius 3 is 2.38 bits per heavy atom. The lowest BCUT2D eigenvalue weighted by Gasteiger charge is -2.15. The molecule has 0 atom stereocenters. The molecule has 74 valence electrons. The highest BCUT2D eigenvalue weighted by Crippen LogP contribution is 2.21. The van der Waals surface area contributed by atoms with Crippen molar-refractivity contribution in [1.82, 2.24) is 5.32 Å². The predicted molar refractivity (Wildman–Crippen MR) is 54.6 cm³/mol. The number of rotatable bonds is 3. The van der Waals surface area contributed by atoms with Gasteiger partial charge in [-0.3, -0.25) is 0 Å². The third kappa shape index (κ3) is 3.64. The molecule has 0 radical (unpaired) electrons. The Balaban J connectivity index is 2.59. The zero-order chi connectivity index (χ0) is 9.90. The van der Waals surface area contributed by atoms with Crippen molar-refractivity contribution in [2.24, 2.45) is 5.41 Å². The summed E-state index contributed by atoms with van der Waals surface area (Å²) in [4.78, 5) is 0. The summed E-state index contributed by atoms with van der Waals surface area (Å²) in [5.41, 5.74) is 0.300. The van der Waals surface area contributed by atoms with Gasteiger partial charge < -0.3 is 9.73 Å². The van der Waals surface area contributed by atoms with E-state index >= 15 is 0 Å². The van der Waals surface area contributed by atoms with E-state index < -0.39 is 0 Å². The second-order valence-corrected chi connectivity index (χ2v) is 4.64. The van der Waals surface area contributed by atoms with Gasteiger partial charge in [0.2, 0.25) is 0 Å². The predicted octanol–water partition coefficient (Wildman–Crippen LogP) is 2.59. The van der Waals surface area contributed by atoms with E-state index in [1.807, 2.05) is 13.1 Å². The Morgan fingerprint density at radius 1 is 1.23 bits per heavy atom. The third-order valence-corrected chi connectivity index (χ3v) is 1.77. The smallest absolute Gasteiger partial charge is 0.117 e. The number of hydrogen-bond donors (Lipinski definition) is 1. The summed E-state index contributed by atoms with van der Waals surface area (Å²) in [5.74, 6) is 2.10. The largest absolute Gasteiger partial charge is 0.465 e. The van der Waals surface area contributed by atoms with Crippen LogP contribution in [0.3, 0.4) is 0 Å². The van der Waals surface area contributed by atoms with E-state index in [-0.39, 0.29) is 0 Å². The summed E-state index contributed by atoms with van der Waals surface area (Å²) < 4.78 is 5.64. The average Bonchev–Trinajstić information content (AvgIpc) is 2.33. The number of hydrogen-bond acceptors (Lipinski definition) is 2. The van der Waals surface area contributed by atoms with E-state index in [4.69, 9.17) is 4.42 Å². The fraction of sp³-hybridized carbons (Fsp3) is 0.636. The Bertz CT molecular complexity index is 257. The molecule has 1 N–H and O–H groups in total. The number of furan rings is 1. The average molecular weight is 181 g/mol. The highest BCUT2D eigenvalue weighted by Gasteiger charge is 2.13. The van der Waals surface area contributed by atoms with Gasteiger partial charge in [-0.25, -0.2) is 0 Å². The van der Waals surface area contributed by atoms with Gasteiger partial charge in [-0.2, -0.15) is 0 Å². The minimum absolute atomic E-state index is 0.300. The van der Waals surface area contributed by atoms with Crippen LogP contribution in [-0.2, 0) is 13.0 Å². The number of nitrogens with one attached hydrogen (secondary N) is 1. The molecule has 1 heterocycles. The van der Waals surface area contributed by atoms with Gasteiger partial charge in [-0.05, 0) is 24.6 Å². The van der Waals surface area contributed by atoms with Crippen molar-refractivity contribution >= 4 is 0 Å². The van der Waals surface area contributed by atoms with E-state index in [2.05, 4.69) is 32.2 Å². The van der Waals surface area contributed by atoms with Gasteiger partial charge in [0.25, 0.3) is 0 Å². The summed E-state index contributed by atoms with van der Waals surface area (Å²) >= 11 is 0. The molecule has 0 spiro atoms. The van der Waals surface area contributed by atoms with Crippen LogP contribution in [0, 0.1) is 5.41 Å². The fourth-order valence-corrected chi connectivity index (χ4v) is 1.31. The van der Waals surface area contributed by atoms with Gasteiger partial charge in [0, 0.05) is 6.42 Å². The van der Waals surface area contributed by atoms with Crippen molar-refractivity contribution in [1.29, 1.82) is 0 Å². The Labute approximate surface area is 80.3 Å². The van der Waals surface area contributed by atoms with Gasteiger partial charge in [-0.1, -0.05) is 20.8 Å². The van der Waals surface area contributed by atoms with E-state index in [0.29, 0.717) is 5.41 Å². The summed E-state index contributed by atoms with van der Waals surface area (Å²) in [6, 6.07) is 4.11. The zero-order valence-corrected chi connectivity index (χ0v) is 8.98. The molecule has 2 heteroatoms. The molecule has 1 aromatic rings. The summed E-state index contributed by atoms with van der Waals surface area (Å²) in [6.07, 6.45) is 0.997. The molecular formula is C11H19NO. The minimum Gasteiger partial charge on any atom is -0.465 e. The summed E-state index contributed by atoms with van der Waals surface area (Å²) in [6.45, 7) is 7.46. The minimum atomic E-state index is 0.300. The molecule has 0 aliphatic rings. The van der Waals surface area contributed by atoms with Gasteiger partial charge >= 0.3 is 0 Å². The maximum atomic E-state index is 5.64. The molecule has 0 saturated carbocycles. The molecule has 0 aromatic carbocycles. The van der Waals surface area contributed by atoms with Crippen molar-refractivity contribution in [2.45, 2.75) is 33.7 Å². The molecule has 0 fully saturated rings. The molecule has 2 nitrogen and oxygen atoms in total. The molecule has 0 saturated heterocycles.